The molecule has 1 aromatic carbocycles. The number of allylic oxidation sites excluding steroid dienone is 2. The summed E-state index contributed by atoms with van der Waals surface area (Å²) in [5.74, 6) is 1.79. The zero-order valence-electron chi connectivity index (χ0n) is 13.7. The second-order valence-corrected chi connectivity index (χ2v) is 8.44. The molecule has 0 saturated heterocycles. The van der Waals surface area contributed by atoms with Gasteiger partial charge in [0.05, 0.1) is 0 Å². The van der Waals surface area contributed by atoms with Crippen molar-refractivity contribution in [3.05, 3.63) is 46.5 Å². The molecule has 1 spiro atoms. The van der Waals surface area contributed by atoms with E-state index in [1.54, 1.807) is 22.3 Å². The third kappa shape index (κ3) is 1.88. The van der Waals surface area contributed by atoms with Crippen molar-refractivity contribution in [1.29, 1.82) is 0 Å². The second-order valence-electron chi connectivity index (χ2n) is 8.44. The molecule has 2 atom stereocenters. The van der Waals surface area contributed by atoms with Gasteiger partial charge in [0.2, 0.25) is 0 Å². The molecule has 0 heterocycles. The summed E-state index contributed by atoms with van der Waals surface area (Å²) in [5.41, 5.74) is 7.48. The summed E-state index contributed by atoms with van der Waals surface area (Å²) in [6, 6.07) is 7.69. The van der Waals surface area contributed by atoms with Crippen LogP contribution in [-0.4, -0.2) is 0 Å². The van der Waals surface area contributed by atoms with E-state index >= 15 is 0 Å². The lowest BCUT2D eigenvalue weighted by Crippen LogP contribution is -2.35. The lowest BCUT2D eigenvalue weighted by molar-refractivity contribution is 0.269. The van der Waals surface area contributed by atoms with E-state index in [9.17, 15) is 0 Å². The van der Waals surface area contributed by atoms with E-state index in [1.807, 2.05) is 0 Å². The molecule has 4 aliphatic carbocycles. The van der Waals surface area contributed by atoms with Crippen LogP contribution >= 0.6 is 0 Å². The average Bonchev–Trinajstić information content (AvgIpc) is 3.17. The van der Waals surface area contributed by atoms with Crippen LogP contribution in [0.15, 0.2) is 29.8 Å². The molecule has 0 aliphatic heterocycles. The van der Waals surface area contributed by atoms with Crippen molar-refractivity contribution < 1.29 is 0 Å². The summed E-state index contributed by atoms with van der Waals surface area (Å²) in [4.78, 5) is 0. The van der Waals surface area contributed by atoms with Crippen LogP contribution in [-0.2, 0) is 11.8 Å². The lowest BCUT2D eigenvalue weighted by Gasteiger charge is -2.42. The zero-order valence-corrected chi connectivity index (χ0v) is 13.7. The number of hydrogen-bond acceptors (Lipinski definition) is 0. The highest BCUT2D eigenvalue weighted by atomic mass is 14.5. The molecule has 2 saturated carbocycles. The molecule has 2 unspecified atom stereocenters. The van der Waals surface area contributed by atoms with Crippen molar-refractivity contribution in [2.24, 2.45) is 5.92 Å². The summed E-state index contributed by atoms with van der Waals surface area (Å²) in [7, 11) is 0. The topological polar surface area (TPSA) is 0 Å². The van der Waals surface area contributed by atoms with E-state index in [-0.39, 0.29) is 0 Å². The van der Waals surface area contributed by atoms with E-state index in [4.69, 9.17) is 0 Å². The molecule has 0 N–H and O–H groups in total. The first kappa shape index (κ1) is 13.4. The monoisotopic (exact) mass is 292 g/mol. The minimum atomic E-state index is 0.544. The van der Waals surface area contributed by atoms with Gasteiger partial charge in [-0.15, -0.1) is 0 Å². The summed E-state index contributed by atoms with van der Waals surface area (Å²) in [5, 5.41) is 0. The van der Waals surface area contributed by atoms with Crippen LogP contribution in [0.2, 0.25) is 0 Å². The molecule has 0 nitrogen and oxygen atoms in total. The predicted molar refractivity (Wildman–Crippen MR) is 92.3 cm³/mol. The molecule has 2 fully saturated rings. The van der Waals surface area contributed by atoms with E-state index < -0.39 is 0 Å². The largest absolute Gasteiger partial charge is 0.0850 e. The number of hydrogen-bond donors (Lipinski definition) is 0. The van der Waals surface area contributed by atoms with E-state index in [1.165, 1.54) is 70.6 Å². The molecule has 4 aliphatic rings. The third-order valence-corrected chi connectivity index (χ3v) is 7.34. The number of rotatable bonds is 1. The molecule has 2 bridgehead atoms. The van der Waals surface area contributed by atoms with Gasteiger partial charge in [0, 0.05) is 5.41 Å². The number of benzene rings is 1. The Hall–Kier alpha value is -1.04. The molecule has 5 rings (SSSR count). The fourth-order valence-corrected chi connectivity index (χ4v) is 6.21. The van der Waals surface area contributed by atoms with Crippen LogP contribution < -0.4 is 0 Å². The number of aryl methyl sites for hydroxylation is 1. The van der Waals surface area contributed by atoms with Gasteiger partial charge in [-0.25, -0.2) is 0 Å². The molecular formula is C22H28. The Bertz CT molecular complexity index is 617. The van der Waals surface area contributed by atoms with Gasteiger partial charge in [-0.05, 0) is 79.9 Å². The van der Waals surface area contributed by atoms with Crippen LogP contribution in [0.3, 0.4) is 0 Å². The Morgan fingerprint density at radius 3 is 2.68 bits per heavy atom. The first-order valence-electron chi connectivity index (χ1n) is 9.66. The zero-order chi connectivity index (χ0) is 14.6. The molecule has 116 valence electrons. The van der Waals surface area contributed by atoms with Crippen LogP contribution in [0.4, 0.5) is 0 Å². The first-order valence-corrected chi connectivity index (χ1v) is 9.66. The minimum absolute atomic E-state index is 0.544. The van der Waals surface area contributed by atoms with Gasteiger partial charge >= 0.3 is 0 Å². The Balaban J connectivity index is 1.57. The quantitative estimate of drug-likeness (QED) is 0.553. The van der Waals surface area contributed by atoms with E-state index in [0.29, 0.717) is 5.41 Å². The molecule has 0 amide bonds. The van der Waals surface area contributed by atoms with Crippen LogP contribution in [0.5, 0.6) is 0 Å². The van der Waals surface area contributed by atoms with Crippen molar-refractivity contribution in [3.8, 4) is 0 Å². The van der Waals surface area contributed by atoms with Crippen molar-refractivity contribution in [3.63, 3.8) is 0 Å². The Kier molecular flexibility index (Phi) is 3.03. The molecule has 22 heavy (non-hydrogen) atoms. The van der Waals surface area contributed by atoms with Crippen molar-refractivity contribution in [2.45, 2.75) is 82.0 Å². The van der Waals surface area contributed by atoms with Gasteiger partial charge in [-0.1, -0.05) is 49.1 Å². The smallest absolute Gasteiger partial charge is 0.00273 e. The minimum Gasteiger partial charge on any atom is -0.0850 e. The standard InChI is InChI=1S/C22H28/c1-2-5-17(6-3-1)19-10-9-18-7-4-12-22(21(18)14-19)15-16-8-11-20(22)13-16/h8-10,14,17,20H,1-7,11-13,15H2. The highest BCUT2D eigenvalue weighted by Gasteiger charge is 2.49. The van der Waals surface area contributed by atoms with Gasteiger partial charge in [0.25, 0.3) is 0 Å². The van der Waals surface area contributed by atoms with E-state index in [0.717, 1.165) is 11.8 Å². The number of fused-ring (bicyclic) bond motifs is 5. The summed E-state index contributed by atoms with van der Waals surface area (Å²) < 4.78 is 0. The molecule has 0 heteroatoms. The second kappa shape index (κ2) is 4.98. The van der Waals surface area contributed by atoms with Crippen LogP contribution in [0.25, 0.3) is 0 Å². The molecule has 1 aromatic rings. The van der Waals surface area contributed by atoms with Gasteiger partial charge < -0.3 is 0 Å². The van der Waals surface area contributed by atoms with Crippen molar-refractivity contribution in [2.75, 3.05) is 0 Å². The van der Waals surface area contributed by atoms with Crippen molar-refractivity contribution in [1.82, 2.24) is 0 Å². The Labute approximate surface area is 135 Å². The van der Waals surface area contributed by atoms with Gasteiger partial charge in [0.1, 0.15) is 0 Å². The van der Waals surface area contributed by atoms with Gasteiger partial charge in [0.15, 0.2) is 0 Å². The predicted octanol–water partition coefficient (Wildman–Crippen LogP) is 6.05. The maximum absolute atomic E-state index is 2.69. The fourth-order valence-electron chi connectivity index (χ4n) is 6.21. The Morgan fingerprint density at radius 2 is 1.91 bits per heavy atom. The molecule has 0 aromatic heterocycles. The maximum atomic E-state index is 2.69. The summed E-state index contributed by atoms with van der Waals surface area (Å²) in [6.45, 7) is 0. The average molecular weight is 292 g/mol. The maximum Gasteiger partial charge on any atom is 0.00273 e. The highest BCUT2D eigenvalue weighted by molar-refractivity contribution is 5.46. The summed E-state index contributed by atoms with van der Waals surface area (Å²) in [6.07, 6.45) is 18.1. The van der Waals surface area contributed by atoms with E-state index in [2.05, 4.69) is 24.3 Å². The van der Waals surface area contributed by atoms with Crippen LogP contribution in [0, 0.1) is 5.92 Å². The third-order valence-electron chi connectivity index (χ3n) is 7.34. The highest BCUT2D eigenvalue weighted by Crippen LogP contribution is 2.59. The molecule has 0 radical (unpaired) electrons. The van der Waals surface area contributed by atoms with Gasteiger partial charge in [-0.2, -0.15) is 0 Å². The normalized spacial score (nSPS) is 34.0. The lowest BCUT2D eigenvalue weighted by atomic mass is 9.62. The SMILES string of the molecule is C1=C2CC(C1)C1(CCCc3ccc(C4CCCCC4)cc31)C2. The van der Waals surface area contributed by atoms with Crippen LogP contribution in [0.1, 0.15) is 86.8 Å². The fraction of sp³-hybridized carbons (Fsp3) is 0.636. The Morgan fingerprint density at radius 1 is 1.00 bits per heavy atom. The first-order chi connectivity index (χ1) is 10.9. The summed E-state index contributed by atoms with van der Waals surface area (Å²) >= 11 is 0. The van der Waals surface area contributed by atoms with Gasteiger partial charge in [-0.3, -0.25) is 0 Å². The molecular weight excluding hydrogens is 264 g/mol. The van der Waals surface area contributed by atoms with Crippen molar-refractivity contribution >= 4 is 0 Å².